The zero-order valence-corrected chi connectivity index (χ0v) is 13.2. The third-order valence-electron chi connectivity index (χ3n) is 4.85. The number of rotatable bonds is 3. The Hall–Kier alpha value is -1.48. The Morgan fingerprint density at radius 3 is 2.90 bits per heavy atom. The molecule has 0 saturated heterocycles. The van der Waals surface area contributed by atoms with Gasteiger partial charge in [0, 0.05) is 28.7 Å². The van der Waals surface area contributed by atoms with E-state index in [-0.39, 0.29) is 5.92 Å². The molecule has 1 saturated carbocycles. The van der Waals surface area contributed by atoms with Crippen LogP contribution in [0.3, 0.4) is 0 Å². The van der Waals surface area contributed by atoms with Gasteiger partial charge in [-0.2, -0.15) is 0 Å². The van der Waals surface area contributed by atoms with Crippen LogP contribution in [0.4, 0.5) is 0 Å². The van der Waals surface area contributed by atoms with Crippen LogP contribution in [0.2, 0.25) is 0 Å². The van der Waals surface area contributed by atoms with Crippen molar-refractivity contribution in [2.75, 3.05) is 0 Å². The summed E-state index contributed by atoms with van der Waals surface area (Å²) in [5.74, 6) is 1.62. The first-order valence-electron chi connectivity index (χ1n) is 7.45. The quantitative estimate of drug-likeness (QED) is 0.846. The van der Waals surface area contributed by atoms with Crippen molar-refractivity contribution in [3.63, 3.8) is 0 Å². The third kappa shape index (κ3) is 2.34. The van der Waals surface area contributed by atoms with Gasteiger partial charge in [-0.1, -0.05) is 24.3 Å². The Morgan fingerprint density at radius 1 is 1.24 bits per heavy atom. The van der Waals surface area contributed by atoms with Gasteiger partial charge in [-0.05, 0) is 63.9 Å². The number of carbonyl (C=O) groups excluding carboxylic acids is 1. The van der Waals surface area contributed by atoms with Gasteiger partial charge in [0.05, 0.1) is 0 Å². The van der Waals surface area contributed by atoms with Crippen molar-refractivity contribution in [1.29, 1.82) is 0 Å². The van der Waals surface area contributed by atoms with Gasteiger partial charge >= 0.3 is 0 Å². The monoisotopic (exact) mass is 341 g/mol. The van der Waals surface area contributed by atoms with Crippen molar-refractivity contribution in [3.05, 3.63) is 63.9 Å². The minimum Gasteiger partial charge on any atom is -0.299 e. The lowest BCUT2D eigenvalue weighted by atomic mass is 9.92. The van der Waals surface area contributed by atoms with Crippen LogP contribution < -0.4 is 0 Å². The Kier molecular flexibility index (Phi) is 3.18. The van der Waals surface area contributed by atoms with Gasteiger partial charge in [-0.3, -0.25) is 9.78 Å². The standard InChI is InChI=1S/C18H16BrNO/c19-12-6-7-13(20-10-12)9-16(21)18-15-8-5-11-3-1-2-4-14(11)17(15)18/h1-4,6-7,10,15,17-18H,5,8-9H2. The summed E-state index contributed by atoms with van der Waals surface area (Å²) < 4.78 is 0.952. The summed E-state index contributed by atoms with van der Waals surface area (Å²) in [6.07, 6.45) is 4.51. The Bertz CT molecular complexity index is 695. The molecular formula is C18H16BrNO. The molecule has 0 spiro atoms. The zero-order chi connectivity index (χ0) is 14.4. The van der Waals surface area contributed by atoms with Crippen molar-refractivity contribution in [2.24, 2.45) is 11.8 Å². The number of hydrogen-bond donors (Lipinski definition) is 0. The fraction of sp³-hybridized carbons (Fsp3) is 0.333. The van der Waals surface area contributed by atoms with Crippen molar-refractivity contribution in [1.82, 2.24) is 4.98 Å². The molecule has 3 heteroatoms. The number of pyridine rings is 1. The van der Waals surface area contributed by atoms with Gasteiger partial charge in [0.15, 0.2) is 0 Å². The van der Waals surface area contributed by atoms with Gasteiger partial charge in [0.2, 0.25) is 0 Å². The first-order valence-corrected chi connectivity index (χ1v) is 8.24. The molecule has 21 heavy (non-hydrogen) atoms. The molecule has 2 aromatic rings. The van der Waals surface area contributed by atoms with Gasteiger partial charge in [0.25, 0.3) is 0 Å². The normalized spacial score (nSPS) is 25.9. The number of halogens is 1. The number of ketones is 1. The second kappa shape index (κ2) is 5.06. The van der Waals surface area contributed by atoms with E-state index in [0.717, 1.165) is 23.0 Å². The molecule has 0 radical (unpaired) electrons. The smallest absolute Gasteiger partial charge is 0.142 e. The lowest BCUT2D eigenvalue weighted by Crippen LogP contribution is -2.08. The van der Waals surface area contributed by atoms with Crippen LogP contribution in [0.25, 0.3) is 0 Å². The molecule has 106 valence electrons. The van der Waals surface area contributed by atoms with E-state index in [9.17, 15) is 4.79 Å². The highest BCUT2D eigenvalue weighted by atomic mass is 79.9. The highest BCUT2D eigenvalue weighted by molar-refractivity contribution is 9.10. The maximum atomic E-state index is 12.6. The summed E-state index contributed by atoms with van der Waals surface area (Å²) in [4.78, 5) is 16.9. The Morgan fingerprint density at radius 2 is 2.10 bits per heavy atom. The molecule has 0 N–H and O–H groups in total. The molecule has 2 aliphatic carbocycles. The molecule has 1 aromatic carbocycles. The zero-order valence-electron chi connectivity index (χ0n) is 11.6. The van der Waals surface area contributed by atoms with Crippen LogP contribution >= 0.6 is 15.9 Å². The summed E-state index contributed by atoms with van der Waals surface area (Å²) >= 11 is 3.37. The van der Waals surface area contributed by atoms with Crippen LogP contribution in [0.5, 0.6) is 0 Å². The summed E-state index contributed by atoms with van der Waals surface area (Å²) in [5.41, 5.74) is 3.73. The fourth-order valence-corrected chi connectivity index (χ4v) is 4.05. The fourth-order valence-electron chi connectivity index (χ4n) is 3.81. The Labute approximate surface area is 132 Å². The summed E-state index contributed by atoms with van der Waals surface area (Å²) in [5, 5.41) is 0. The largest absolute Gasteiger partial charge is 0.299 e. The van der Waals surface area contributed by atoms with Gasteiger partial charge < -0.3 is 0 Å². The summed E-state index contributed by atoms with van der Waals surface area (Å²) in [6.45, 7) is 0. The second-order valence-electron chi connectivity index (χ2n) is 6.06. The van der Waals surface area contributed by atoms with E-state index >= 15 is 0 Å². The lowest BCUT2D eigenvalue weighted by molar-refractivity contribution is -0.120. The maximum absolute atomic E-state index is 12.6. The highest BCUT2D eigenvalue weighted by Crippen LogP contribution is 2.60. The molecule has 0 bridgehead atoms. The van der Waals surface area contributed by atoms with Crippen LogP contribution in [0.15, 0.2) is 47.1 Å². The first kappa shape index (κ1) is 13.2. The number of benzene rings is 1. The van der Waals surface area contributed by atoms with Crippen molar-refractivity contribution in [3.8, 4) is 0 Å². The summed E-state index contributed by atoms with van der Waals surface area (Å²) in [6, 6.07) is 12.5. The molecule has 4 rings (SSSR count). The second-order valence-corrected chi connectivity index (χ2v) is 6.98. The lowest BCUT2D eigenvalue weighted by Gasteiger charge is -2.13. The average molecular weight is 342 g/mol. The van der Waals surface area contributed by atoms with Gasteiger partial charge in [0.1, 0.15) is 5.78 Å². The van der Waals surface area contributed by atoms with E-state index in [0.29, 0.717) is 24.0 Å². The number of aromatic nitrogens is 1. The molecule has 0 aliphatic heterocycles. The SMILES string of the molecule is O=C(Cc1ccc(Br)cn1)C1C2CCc3ccccc3C21. The van der Waals surface area contributed by atoms with Gasteiger partial charge in [-0.15, -0.1) is 0 Å². The van der Waals surface area contributed by atoms with Crippen molar-refractivity contribution < 1.29 is 4.79 Å². The predicted molar refractivity (Wildman–Crippen MR) is 85.1 cm³/mol. The minimum absolute atomic E-state index is 0.221. The van der Waals surface area contributed by atoms with E-state index in [1.54, 1.807) is 6.20 Å². The van der Waals surface area contributed by atoms with Crippen molar-refractivity contribution in [2.45, 2.75) is 25.2 Å². The van der Waals surface area contributed by atoms with E-state index in [4.69, 9.17) is 0 Å². The van der Waals surface area contributed by atoms with E-state index in [2.05, 4.69) is 45.2 Å². The van der Waals surface area contributed by atoms with E-state index in [1.807, 2.05) is 12.1 Å². The van der Waals surface area contributed by atoms with Crippen LogP contribution in [-0.2, 0) is 17.6 Å². The molecule has 0 amide bonds. The minimum atomic E-state index is 0.221. The number of carbonyl (C=O) groups is 1. The molecule has 3 unspecified atom stereocenters. The predicted octanol–water partition coefficient (Wildman–Crippen LogP) is 3.93. The van der Waals surface area contributed by atoms with E-state index in [1.165, 1.54) is 11.1 Å². The molecule has 1 aromatic heterocycles. The molecule has 2 nitrogen and oxygen atoms in total. The number of Topliss-reactive ketones (excluding diaryl/α,β-unsaturated/α-hetero) is 1. The number of fused-ring (bicyclic) bond motifs is 3. The summed E-state index contributed by atoms with van der Waals surface area (Å²) in [7, 11) is 0. The third-order valence-corrected chi connectivity index (χ3v) is 5.31. The number of hydrogen-bond acceptors (Lipinski definition) is 2. The number of nitrogens with zero attached hydrogens (tertiary/aromatic N) is 1. The average Bonchev–Trinajstić information content (AvgIpc) is 3.25. The highest BCUT2D eigenvalue weighted by Gasteiger charge is 2.56. The van der Waals surface area contributed by atoms with Gasteiger partial charge in [-0.25, -0.2) is 0 Å². The first-order chi connectivity index (χ1) is 10.2. The maximum Gasteiger partial charge on any atom is 0.142 e. The van der Waals surface area contributed by atoms with Crippen LogP contribution in [0.1, 0.15) is 29.2 Å². The number of aryl methyl sites for hydroxylation is 1. The molecule has 1 heterocycles. The van der Waals surface area contributed by atoms with E-state index < -0.39 is 0 Å². The topological polar surface area (TPSA) is 30.0 Å². The molecule has 2 aliphatic rings. The molecule has 1 fully saturated rings. The Balaban J connectivity index is 1.52. The van der Waals surface area contributed by atoms with Crippen molar-refractivity contribution >= 4 is 21.7 Å². The van der Waals surface area contributed by atoms with Crippen LogP contribution in [0, 0.1) is 11.8 Å². The molecule has 3 atom stereocenters. The molecular weight excluding hydrogens is 326 g/mol. The van der Waals surface area contributed by atoms with Crippen LogP contribution in [-0.4, -0.2) is 10.8 Å².